The van der Waals surface area contributed by atoms with E-state index >= 15 is 0 Å². The summed E-state index contributed by atoms with van der Waals surface area (Å²) in [7, 11) is 0. The summed E-state index contributed by atoms with van der Waals surface area (Å²) < 4.78 is 31.7. The quantitative estimate of drug-likeness (QED) is 0.772. The van der Waals surface area contributed by atoms with E-state index in [9.17, 15) is 13.6 Å². The van der Waals surface area contributed by atoms with Crippen molar-refractivity contribution in [1.82, 2.24) is 4.90 Å². The van der Waals surface area contributed by atoms with Crippen LogP contribution >= 0.6 is 0 Å². The molecule has 110 valence electrons. The number of ether oxygens (including phenoxy) is 1. The van der Waals surface area contributed by atoms with Crippen LogP contribution in [0.1, 0.15) is 39.0 Å². The molecule has 1 aliphatic carbocycles. The topological polar surface area (TPSA) is 29.5 Å². The Bertz CT molecular complexity index is 321. The Labute approximate surface area is 113 Å². The molecule has 1 aliphatic heterocycles. The molecule has 1 heterocycles. The zero-order chi connectivity index (χ0) is 13.9. The molecule has 0 aromatic heterocycles. The molecule has 0 spiro atoms. The SMILES string of the molecule is CCCN1CCOC(C(=O)CC2CCC(F)(F)C2)C1. The van der Waals surface area contributed by atoms with Crippen molar-refractivity contribution in [1.29, 1.82) is 0 Å². The lowest BCUT2D eigenvalue weighted by molar-refractivity contribution is -0.137. The van der Waals surface area contributed by atoms with Crippen molar-refractivity contribution in [2.24, 2.45) is 5.92 Å². The predicted octanol–water partition coefficient (Wildman–Crippen LogP) is 2.49. The highest BCUT2D eigenvalue weighted by molar-refractivity contribution is 5.83. The van der Waals surface area contributed by atoms with Gasteiger partial charge in [0, 0.05) is 32.4 Å². The molecular weight excluding hydrogens is 252 g/mol. The summed E-state index contributed by atoms with van der Waals surface area (Å²) in [6, 6.07) is 0. The number of alkyl halides is 2. The van der Waals surface area contributed by atoms with Crippen LogP contribution in [0.5, 0.6) is 0 Å². The maximum atomic E-state index is 13.1. The lowest BCUT2D eigenvalue weighted by Crippen LogP contribution is -2.46. The third-order valence-corrected chi connectivity index (χ3v) is 4.05. The number of hydrogen-bond acceptors (Lipinski definition) is 3. The van der Waals surface area contributed by atoms with Crippen LogP contribution in [0.25, 0.3) is 0 Å². The molecule has 0 bridgehead atoms. The average molecular weight is 275 g/mol. The minimum atomic E-state index is -2.56. The van der Waals surface area contributed by atoms with E-state index < -0.39 is 12.0 Å². The number of carbonyl (C=O) groups excluding carboxylic acids is 1. The van der Waals surface area contributed by atoms with E-state index in [1.807, 2.05) is 0 Å². The molecule has 0 aromatic rings. The molecule has 0 amide bonds. The lowest BCUT2D eigenvalue weighted by Gasteiger charge is -2.32. The van der Waals surface area contributed by atoms with E-state index in [2.05, 4.69) is 11.8 Å². The van der Waals surface area contributed by atoms with Gasteiger partial charge in [-0.1, -0.05) is 6.92 Å². The van der Waals surface area contributed by atoms with Crippen LogP contribution in [0.15, 0.2) is 0 Å². The Kier molecular flexibility index (Phi) is 4.90. The molecule has 19 heavy (non-hydrogen) atoms. The van der Waals surface area contributed by atoms with Gasteiger partial charge in [0.25, 0.3) is 0 Å². The lowest BCUT2D eigenvalue weighted by atomic mass is 9.97. The van der Waals surface area contributed by atoms with Gasteiger partial charge in [0.15, 0.2) is 5.78 Å². The van der Waals surface area contributed by atoms with Crippen molar-refractivity contribution >= 4 is 5.78 Å². The van der Waals surface area contributed by atoms with Crippen molar-refractivity contribution in [2.45, 2.75) is 51.1 Å². The Morgan fingerprint density at radius 3 is 2.89 bits per heavy atom. The molecule has 2 aliphatic rings. The Hall–Kier alpha value is -0.550. The van der Waals surface area contributed by atoms with Gasteiger partial charge in [-0.25, -0.2) is 8.78 Å². The van der Waals surface area contributed by atoms with Gasteiger partial charge in [0.05, 0.1) is 6.61 Å². The third-order valence-electron chi connectivity index (χ3n) is 4.05. The van der Waals surface area contributed by atoms with E-state index in [-0.39, 0.29) is 31.0 Å². The molecule has 1 saturated carbocycles. The Balaban J connectivity index is 1.79. The fraction of sp³-hybridized carbons (Fsp3) is 0.929. The molecule has 0 N–H and O–H groups in total. The summed E-state index contributed by atoms with van der Waals surface area (Å²) in [6.45, 7) is 5.12. The highest BCUT2D eigenvalue weighted by Crippen LogP contribution is 2.40. The van der Waals surface area contributed by atoms with E-state index in [1.54, 1.807) is 0 Å². The molecule has 2 unspecified atom stereocenters. The van der Waals surface area contributed by atoms with Crippen LogP contribution in [0.3, 0.4) is 0 Å². The second-order valence-corrected chi connectivity index (χ2v) is 5.80. The first-order valence-corrected chi connectivity index (χ1v) is 7.24. The van der Waals surface area contributed by atoms with Gasteiger partial charge in [0.1, 0.15) is 6.10 Å². The molecule has 1 saturated heterocycles. The second-order valence-electron chi connectivity index (χ2n) is 5.80. The minimum Gasteiger partial charge on any atom is -0.368 e. The standard InChI is InChI=1S/C14H23F2NO2/c1-2-5-17-6-7-19-13(10-17)12(18)8-11-3-4-14(15,16)9-11/h11,13H,2-10H2,1H3. The molecule has 2 fully saturated rings. The summed E-state index contributed by atoms with van der Waals surface area (Å²) >= 11 is 0. The number of morpholine rings is 1. The molecule has 0 aromatic carbocycles. The normalized spacial score (nSPS) is 31.5. The van der Waals surface area contributed by atoms with Crippen LogP contribution in [0.2, 0.25) is 0 Å². The van der Waals surface area contributed by atoms with Crippen LogP contribution in [0.4, 0.5) is 8.78 Å². The van der Waals surface area contributed by atoms with Gasteiger partial charge in [0.2, 0.25) is 5.92 Å². The molecule has 5 heteroatoms. The van der Waals surface area contributed by atoms with Gasteiger partial charge in [-0.3, -0.25) is 9.69 Å². The van der Waals surface area contributed by atoms with E-state index in [4.69, 9.17) is 4.74 Å². The fourth-order valence-electron chi connectivity index (χ4n) is 3.05. The summed E-state index contributed by atoms with van der Waals surface area (Å²) in [5.74, 6) is -2.72. The highest BCUT2D eigenvalue weighted by atomic mass is 19.3. The van der Waals surface area contributed by atoms with Gasteiger partial charge in [-0.05, 0) is 25.3 Å². The van der Waals surface area contributed by atoms with E-state index in [1.165, 1.54) is 0 Å². The van der Waals surface area contributed by atoms with Crippen molar-refractivity contribution in [3.8, 4) is 0 Å². The Morgan fingerprint density at radius 2 is 2.26 bits per heavy atom. The van der Waals surface area contributed by atoms with Crippen molar-refractivity contribution in [3.05, 3.63) is 0 Å². The summed E-state index contributed by atoms with van der Waals surface area (Å²) in [6.07, 6.45) is 1.15. The number of Topliss-reactive ketones (excluding diaryl/α,β-unsaturated/α-hetero) is 1. The van der Waals surface area contributed by atoms with Gasteiger partial charge in [-0.15, -0.1) is 0 Å². The minimum absolute atomic E-state index is 0.00324. The van der Waals surface area contributed by atoms with E-state index in [0.29, 0.717) is 19.6 Å². The number of carbonyl (C=O) groups is 1. The van der Waals surface area contributed by atoms with Crippen molar-refractivity contribution in [2.75, 3.05) is 26.2 Å². The largest absolute Gasteiger partial charge is 0.368 e. The van der Waals surface area contributed by atoms with Crippen LogP contribution < -0.4 is 0 Å². The first-order chi connectivity index (χ1) is 9.00. The second kappa shape index (κ2) is 6.27. The maximum absolute atomic E-state index is 13.1. The number of hydrogen-bond donors (Lipinski definition) is 0. The van der Waals surface area contributed by atoms with Gasteiger partial charge >= 0.3 is 0 Å². The highest BCUT2D eigenvalue weighted by Gasteiger charge is 2.41. The van der Waals surface area contributed by atoms with Gasteiger partial charge in [-0.2, -0.15) is 0 Å². The number of nitrogens with zero attached hydrogens (tertiary/aromatic N) is 1. The van der Waals surface area contributed by atoms with Crippen molar-refractivity contribution in [3.63, 3.8) is 0 Å². The maximum Gasteiger partial charge on any atom is 0.248 e. The molecule has 2 atom stereocenters. The van der Waals surface area contributed by atoms with Gasteiger partial charge < -0.3 is 4.74 Å². The molecule has 0 radical (unpaired) electrons. The predicted molar refractivity (Wildman–Crippen MR) is 68.4 cm³/mol. The zero-order valence-corrected chi connectivity index (χ0v) is 11.5. The summed E-state index contributed by atoms with van der Waals surface area (Å²) in [5, 5.41) is 0. The zero-order valence-electron chi connectivity index (χ0n) is 11.5. The number of rotatable bonds is 5. The van der Waals surface area contributed by atoms with Crippen molar-refractivity contribution < 1.29 is 18.3 Å². The van der Waals surface area contributed by atoms with Crippen LogP contribution in [0, 0.1) is 5.92 Å². The van der Waals surface area contributed by atoms with Crippen LogP contribution in [-0.2, 0) is 9.53 Å². The first kappa shape index (κ1) is 14.9. The fourth-order valence-corrected chi connectivity index (χ4v) is 3.05. The number of halogens is 2. The van der Waals surface area contributed by atoms with Crippen LogP contribution in [-0.4, -0.2) is 49.0 Å². The number of ketones is 1. The monoisotopic (exact) mass is 275 g/mol. The summed E-state index contributed by atoms with van der Waals surface area (Å²) in [4.78, 5) is 14.3. The molecular formula is C14H23F2NO2. The smallest absolute Gasteiger partial charge is 0.248 e. The first-order valence-electron chi connectivity index (χ1n) is 7.24. The molecule has 3 nitrogen and oxygen atoms in total. The Morgan fingerprint density at radius 1 is 1.47 bits per heavy atom. The summed E-state index contributed by atoms with van der Waals surface area (Å²) in [5.41, 5.74) is 0. The molecule has 2 rings (SSSR count). The van der Waals surface area contributed by atoms with E-state index in [0.717, 1.165) is 19.5 Å². The third kappa shape index (κ3) is 4.21. The average Bonchev–Trinajstić information content (AvgIpc) is 2.69.